The number of carbonyl (C=O) groups excluding carboxylic acids is 2. The van der Waals surface area contributed by atoms with Crippen LogP contribution in [0.1, 0.15) is 37.3 Å². The van der Waals surface area contributed by atoms with Crippen LogP contribution in [-0.2, 0) is 26.3 Å². The second-order valence-corrected chi connectivity index (χ2v) is 10.9. The van der Waals surface area contributed by atoms with Crippen LogP contribution in [0.15, 0.2) is 42.5 Å². The molecule has 3 aliphatic rings. The summed E-state index contributed by atoms with van der Waals surface area (Å²) < 4.78 is 5.46. The Morgan fingerprint density at radius 3 is 2.63 bits per heavy atom. The Labute approximate surface area is 216 Å². The summed E-state index contributed by atoms with van der Waals surface area (Å²) in [5.74, 6) is 0.455. The summed E-state index contributed by atoms with van der Waals surface area (Å²) in [5.41, 5.74) is 1.48. The van der Waals surface area contributed by atoms with Gasteiger partial charge in [0, 0.05) is 46.8 Å². The SMILES string of the molecule is CC1CCC(N(CC(=O)N2CCOCC2)C2(Cc3cccc(Cl)c3)C(=O)Nc3cc(Cl)ccc32)C1. The van der Waals surface area contributed by atoms with E-state index in [9.17, 15) is 9.59 Å². The fourth-order valence-corrected chi connectivity index (χ4v) is 6.31. The molecule has 3 atom stereocenters. The zero-order valence-corrected chi connectivity index (χ0v) is 21.4. The van der Waals surface area contributed by atoms with Crippen molar-refractivity contribution in [2.45, 2.75) is 44.2 Å². The first-order valence-corrected chi connectivity index (χ1v) is 13.1. The van der Waals surface area contributed by atoms with Gasteiger partial charge in [-0.3, -0.25) is 14.5 Å². The van der Waals surface area contributed by atoms with E-state index in [-0.39, 0.29) is 24.4 Å². The predicted octanol–water partition coefficient (Wildman–Crippen LogP) is 4.73. The highest BCUT2D eigenvalue weighted by Gasteiger charge is 2.54. The number of amides is 2. The van der Waals surface area contributed by atoms with Crippen molar-refractivity contribution in [3.63, 3.8) is 0 Å². The number of anilines is 1. The summed E-state index contributed by atoms with van der Waals surface area (Å²) in [7, 11) is 0. The Kier molecular flexibility index (Phi) is 7.09. The van der Waals surface area contributed by atoms with Crippen LogP contribution in [-0.4, -0.2) is 60.5 Å². The normalized spacial score (nSPS) is 26.2. The number of fused-ring (bicyclic) bond motifs is 1. The third-order valence-corrected chi connectivity index (χ3v) is 8.14. The lowest BCUT2D eigenvalue weighted by molar-refractivity contribution is -0.142. The molecule has 2 aromatic carbocycles. The number of ether oxygens (including phenoxy) is 1. The minimum absolute atomic E-state index is 0.0357. The molecule has 6 nitrogen and oxygen atoms in total. The van der Waals surface area contributed by atoms with E-state index in [4.69, 9.17) is 27.9 Å². The van der Waals surface area contributed by atoms with Crippen molar-refractivity contribution >= 4 is 40.7 Å². The molecular formula is C27H31Cl2N3O3. The van der Waals surface area contributed by atoms with Crippen molar-refractivity contribution < 1.29 is 14.3 Å². The molecule has 35 heavy (non-hydrogen) atoms. The van der Waals surface area contributed by atoms with E-state index >= 15 is 0 Å². The van der Waals surface area contributed by atoms with E-state index in [0.29, 0.717) is 54.4 Å². The fraction of sp³-hybridized carbons (Fsp3) is 0.481. The number of halogens is 2. The van der Waals surface area contributed by atoms with Gasteiger partial charge in [0.15, 0.2) is 0 Å². The maximum absolute atomic E-state index is 14.0. The molecule has 1 N–H and O–H groups in total. The summed E-state index contributed by atoms with van der Waals surface area (Å²) in [4.78, 5) is 31.6. The molecule has 2 amide bonds. The van der Waals surface area contributed by atoms with Crippen LogP contribution >= 0.6 is 23.2 Å². The van der Waals surface area contributed by atoms with E-state index in [1.165, 1.54) is 0 Å². The third kappa shape index (κ3) is 4.82. The molecule has 2 fully saturated rings. The van der Waals surface area contributed by atoms with Crippen molar-refractivity contribution in [1.29, 1.82) is 0 Å². The van der Waals surface area contributed by atoms with Gasteiger partial charge in [-0.1, -0.05) is 48.3 Å². The molecule has 1 saturated heterocycles. The van der Waals surface area contributed by atoms with E-state index in [1.54, 1.807) is 6.07 Å². The number of nitrogens with one attached hydrogen (secondary N) is 1. The molecule has 1 aliphatic carbocycles. The molecule has 2 aromatic rings. The maximum Gasteiger partial charge on any atom is 0.249 e. The van der Waals surface area contributed by atoms with Crippen LogP contribution in [0.2, 0.25) is 10.0 Å². The van der Waals surface area contributed by atoms with Gasteiger partial charge in [-0.05, 0) is 55.0 Å². The number of nitrogens with zero attached hydrogens (tertiary/aromatic N) is 2. The Balaban J connectivity index is 1.61. The summed E-state index contributed by atoms with van der Waals surface area (Å²) in [6.45, 7) is 4.66. The predicted molar refractivity (Wildman–Crippen MR) is 138 cm³/mol. The average molecular weight is 516 g/mol. The van der Waals surface area contributed by atoms with Crippen LogP contribution in [0.4, 0.5) is 5.69 Å². The summed E-state index contributed by atoms with van der Waals surface area (Å²) in [6, 6.07) is 13.3. The highest BCUT2D eigenvalue weighted by Crippen LogP contribution is 2.47. The Morgan fingerprint density at radius 2 is 1.91 bits per heavy atom. The highest BCUT2D eigenvalue weighted by atomic mass is 35.5. The maximum atomic E-state index is 14.0. The highest BCUT2D eigenvalue weighted by molar-refractivity contribution is 6.31. The van der Waals surface area contributed by atoms with Crippen LogP contribution < -0.4 is 5.32 Å². The van der Waals surface area contributed by atoms with Crippen molar-refractivity contribution in [1.82, 2.24) is 9.80 Å². The Hall–Kier alpha value is -2.12. The summed E-state index contributed by atoms with van der Waals surface area (Å²) in [5, 5.41) is 4.27. The molecule has 5 rings (SSSR count). The van der Waals surface area contributed by atoms with Gasteiger partial charge in [-0.15, -0.1) is 0 Å². The van der Waals surface area contributed by atoms with Crippen LogP contribution in [0.5, 0.6) is 0 Å². The van der Waals surface area contributed by atoms with Gasteiger partial charge in [-0.2, -0.15) is 0 Å². The van der Waals surface area contributed by atoms with Crippen LogP contribution in [0.3, 0.4) is 0 Å². The smallest absolute Gasteiger partial charge is 0.249 e. The van der Waals surface area contributed by atoms with E-state index < -0.39 is 5.54 Å². The first-order chi connectivity index (χ1) is 16.9. The molecule has 0 radical (unpaired) electrons. The molecule has 0 aromatic heterocycles. The number of hydrogen-bond donors (Lipinski definition) is 1. The minimum atomic E-state index is -1.04. The first kappa shape index (κ1) is 24.6. The van der Waals surface area contributed by atoms with Gasteiger partial charge in [0.25, 0.3) is 0 Å². The molecule has 2 heterocycles. The minimum Gasteiger partial charge on any atom is -0.378 e. The number of hydrogen-bond acceptors (Lipinski definition) is 4. The standard InChI is InChI=1S/C27H31Cl2N3O3/c1-18-5-7-22(13-18)32(17-25(33)31-9-11-35-12-10-31)27(16-19-3-2-4-20(28)14-19)23-8-6-21(29)15-24(23)30-26(27)34/h2-4,6,8,14-15,18,22H,5,7,9-13,16-17H2,1H3,(H,30,34). The zero-order valence-electron chi connectivity index (χ0n) is 19.9. The van der Waals surface area contributed by atoms with Gasteiger partial charge in [0.2, 0.25) is 11.8 Å². The monoisotopic (exact) mass is 515 g/mol. The molecule has 2 aliphatic heterocycles. The van der Waals surface area contributed by atoms with Crippen LogP contribution in [0, 0.1) is 5.92 Å². The Morgan fingerprint density at radius 1 is 1.14 bits per heavy atom. The van der Waals surface area contributed by atoms with E-state index in [0.717, 1.165) is 30.4 Å². The number of benzene rings is 2. The van der Waals surface area contributed by atoms with Crippen molar-refractivity contribution in [3.8, 4) is 0 Å². The van der Waals surface area contributed by atoms with Crippen molar-refractivity contribution in [3.05, 3.63) is 63.6 Å². The summed E-state index contributed by atoms with van der Waals surface area (Å²) in [6.07, 6.45) is 3.39. The number of carbonyl (C=O) groups is 2. The molecule has 0 bridgehead atoms. The molecular weight excluding hydrogens is 485 g/mol. The summed E-state index contributed by atoms with van der Waals surface area (Å²) >= 11 is 12.6. The first-order valence-electron chi connectivity index (χ1n) is 12.3. The van der Waals surface area contributed by atoms with E-state index in [1.807, 2.05) is 41.3 Å². The van der Waals surface area contributed by atoms with Gasteiger partial charge in [0.1, 0.15) is 5.54 Å². The lowest BCUT2D eigenvalue weighted by Gasteiger charge is -2.44. The third-order valence-electron chi connectivity index (χ3n) is 7.67. The fourth-order valence-electron chi connectivity index (χ4n) is 5.93. The van der Waals surface area contributed by atoms with Crippen molar-refractivity contribution in [2.24, 2.45) is 5.92 Å². The molecule has 0 spiro atoms. The lowest BCUT2D eigenvalue weighted by Crippen LogP contribution is -2.59. The second kappa shape index (κ2) is 10.1. The van der Waals surface area contributed by atoms with Crippen molar-refractivity contribution in [2.75, 3.05) is 38.2 Å². The van der Waals surface area contributed by atoms with Gasteiger partial charge < -0.3 is 15.0 Å². The quantitative estimate of drug-likeness (QED) is 0.603. The largest absolute Gasteiger partial charge is 0.378 e. The molecule has 8 heteroatoms. The van der Waals surface area contributed by atoms with Crippen LogP contribution in [0.25, 0.3) is 0 Å². The average Bonchev–Trinajstić information content (AvgIpc) is 3.38. The van der Waals surface area contributed by atoms with Gasteiger partial charge >= 0.3 is 0 Å². The zero-order chi connectivity index (χ0) is 24.6. The molecule has 1 saturated carbocycles. The Bertz CT molecular complexity index is 1120. The molecule has 3 unspecified atom stereocenters. The molecule has 186 valence electrons. The number of morpholine rings is 1. The van der Waals surface area contributed by atoms with Gasteiger partial charge in [0.05, 0.1) is 19.8 Å². The second-order valence-electron chi connectivity index (χ2n) is 10.0. The topological polar surface area (TPSA) is 61.9 Å². The number of rotatable bonds is 6. The van der Waals surface area contributed by atoms with Gasteiger partial charge in [-0.25, -0.2) is 0 Å². The lowest BCUT2D eigenvalue weighted by atomic mass is 9.81. The van der Waals surface area contributed by atoms with E-state index in [2.05, 4.69) is 17.1 Å².